The van der Waals surface area contributed by atoms with Crippen molar-refractivity contribution in [1.82, 2.24) is 24.3 Å². The highest BCUT2D eigenvalue weighted by molar-refractivity contribution is 6.16. The van der Waals surface area contributed by atoms with Gasteiger partial charge in [-0.2, -0.15) is 5.10 Å². The molecule has 0 aliphatic rings. The molecule has 3 aromatic heterocycles. The molecule has 3 heterocycles. The molecule has 0 fully saturated rings. The Hall–Kier alpha value is -1.88. The molecule has 0 N–H and O–H groups in total. The van der Waals surface area contributed by atoms with Crippen LogP contribution in [0.2, 0.25) is 0 Å². The summed E-state index contributed by atoms with van der Waals surface area (Å²) >= 11 is 5.97. The largest absolute Gasteiger partial charge is 0.326 e. The summed E-state index contributed by atoms with van der Waals surface area (Å²) in [6.07, 6.45) is 6.26. The standard InChI is InChI=1S/C13H14ClN5/c1-18-10(2-6-16-18)4-7-19-12-3-5-15-9-11(12)17-13(19)8-14/h2-3,5-6,9H,4,7-8H2,1H3. The number of halogens is 1. The smallest absolute Gasteiger partial charge is 0.124 e. The second-order valence-corrected chi connectivity index (χ2v) is 4.64. The van der Waals surface area contributed by atoms with E-state index in [2.05, 4.69) is 19.6 Å². The van der Waals surface area contributed by atoms with Crippen LogP contribution in [0, 0.1) is 0 Å². The van der Waals surface area contributed by atoms with E-state index in [0.29, 0.717) is 5.88 Å². The Morgan fingerprint density at radius 2 is 2.16 bits per heavy atom. The predicted octanol–water partition coefficient (Wildman–Crippen LogP) is 2.15. The van der Waals surface area contributed by atoms with Gasteiger partial charge in [0, 0.05) is 38.1 Å². The molecule has 0 bridgehead atoms. The number of aryl methyl sites for hydroxylation is 3. The van der Waals surface area contributed by atoms with E-state index in [0.717, 1.165) is 29.8 Å². The van der Waals surface area contributed by atoms with Gasteiger partial charge in [0.15, 0.2) is 0 Å². The van der Waals surface area contributed by atoms with Gasteiger partial charge in [0.05, 0.1) is 17.6 Å². The van der Waals surface area contributed by atoms with Crippen LogP contribution in [0.15, 0.2) is 30.7 Å². The highest BCUT2D eigenvalue weighted by Gasteiger charge is 2.10. The molecule has 0 aliphatic carbocycles. The molecule has 0 spiro atoms. The van der Waals surface area contributed by atoms with Gasteiger partial charge in [0.25, 0.3) is 0 Å². The zero-order valence-electron chi connectivity index (χ0n) is 10.6. The van der Waals surface area contributed by atoms with Crippen LogP contribution in [0.3, 0.4) is 0 Å². The SMILES string of the molecule is Cn1nccc1CCn1c(CCl)nc2cnccc21. The van der Waals surface area contributed by atoms with E-state index in [1.807, 2.05) is 30.1 Å². The second kappa shape index (κ2) is 5.01. The van der Waals surface area contributed by atoms with Crippen molar-refractivity contribution < 1.29 is 0 Å². The van der Waals surface area contributed by atoms with Crippen molar-refractivity contribution in [3.05, 3.63) is 42.2 Å². The minimum atomic E-state index is 0.403. The molecular weight excluding hydrogens is 262 g/mol. The number of alkyl halides is 1. The third-order valence-electron chi connectivity index (χ3n) is 3.26. The summed E-state index contributed by atoms with van der Waals surface area (Å²) in [6.45, 7) is 0.835. The average Bonchev–Trinajstić information content (AvgIpc) is 2.99. The number of hydrogen-bond donors (Lipinski definition) is 0. The highest BCUT2D eigenvalue weighted by atomic mass is 35.5. The molecule has 19 heavy (non-hydrogen) atoms. The second-order valence-electron chi connectivity index (χ2n) is 4.37. The minimum absolute atomic E-state index is 0.403. The summed E-state index contributed by atoms with van der Waals surface area (Å²) in [5.74, 6) is 1.28. The summed E-state index contributed by atoms with van der Waals surface area (Å²) in [5, 5.41) is 4.18. The van der Waals surface area contributed by atoms with Crippen LogP contribution in [-0.4, -0.2) is 24.3 Å². The number of fused-ring (bicyclic) bond motifs is 1. The lowest BCUT2D eigenvalue weighted by molar-refractivity contribution is 0.634. The van der Waals surface area contributed by atoms with Gasteiger partial charge in [0.2, 0.25) is 0 Å². The van der Waals surface area contributed by atoms with Crippen LogP contribution in [0.25, 0.3) is 11.0 Å². The molecule has 0 amide bonds. The summed E-state index contributed by atoms with van der Waals surface area (Å²) < 4.78 is 4.04. The fraction of sp³-hybridized carbons (Fsp3) is 0.308. The number of hydrogen-bond acceptors (Lipinski definition) is 3. The van der Waals surface area contributed by atoms with Crippen molar-refractivity contribution in [3.8, 4) is 0 Å². The average molecular weight is 276 g/mol. The van der Waals surface area contributed by atoms with Crippen molar-refractivity contribution in [1.29, 1.82) is 0 Å². The Morgan fingerprint density at radius 3 is 2.89 bits per heavy atom. The number of aromatic nitrogens is 5. The van der Waals surface area contributed by atoms with E-state index >= 15 is 0 Å². The molecule has 3 aromatic rings. The molecule has 0 radical (unpaired) electrons. The monoisotopic (exact) mass is 275 g/mol. The van der Waals surface area contributed by atoms with Crippen LogP contribution in [0.1, 0.15) is 11.5 Å². The third kappa shape index (κ3) is 2.21. The third-order valence-corrected chi connectivity index (χ3v) is 3.50. The van der Waals surface area contributed by atoms with E-state index in [1.165, 1.54) is 5.69 Å². The van der Waals surface area contributed by atoms with Crippen molar-refractivity contribution in [2.24, 2.45) is 7.05 Å². The Morgan fingerprint density at radius 1 is 1.26 bits per heavy atom. The van der Waals surface area contributed by atoms with Crippen molar-refractivity contribution in [2.45, 2.75) is 18.8 Å². The lowest BCUT2D eigenvalue weighted by Gasteiger charge is -2.07. The van der Waals surface area contributed by atoms with Crippen LogP contribution in [0.5, 0.6) is 0 Å². The highest BCUT2D eigenvalue weighted by Crippen LogP contribution is 2.17. The van der Waals surface area contributed by atoms with Crippen LogP contribution in [-0.2, 0) is 25.9 Å². The van der Waals surface area contributed by atoms with Gasteiger partial charge in [-0.25, -0.2) is 4.98 Å². The molecular formula is C13H14ClN5. The van der Waals surface area contributed by atoms with Gasteiger partial charge in [-0.1, -0.05) is 0 Å². The number of imidazole rings is 1. The fourth-order valence-electron chi connectivity index (χ4n) is 2.26. The van der Waals surface area contributed by atoms with E-state index in [1.54, 1.807) is 12.4 Å². The molecule has 98 valence electrons. The van der Waals surface area contributed by atoms with Gasteiger partial charge < -0.3 is 4.57 Å². The number of rotatable bonds is 4. The molecule has 0 saturated carbocycles. The fourth-order valence-corrected chi connectivity index (χ4v) is 2.46. The minimum Gasteiger partial charge on any atom is -0.326 e. The lowest BCUT2D eigenvalue weighted by atomic mass is 10.3. The molecule has 0 unspecified atom stereocenters. The molecule has 0 aliphatic heterocycles. The predicted molar refractivity (Wildman–Crippen MR) is 74.0 cm³/mol. The quantitative estimate of drug-likeness (QED) is 0.686. The summed E-state index contributed by atoms with van der Waals surface area (Å²) in [4.78, 5) is 8.59. The first-order chi connectivity index (χ1) is 9.29. The Kier molecular flexibility index (Phi) is 3.21. The maximum absolute atomic E-state index is 5.97. The van der Waals surface area contributed by atoms with Crippen LogP contribution in [0.4, 0.5) is 0 Å². The zero-order chi connectivity index (χ0) is 13.2. The zero-order valence-corrected chi connectivity index (χ0v) is 11.4. The van der Waals surface area contributed by atoms with E-state index in [9.17, 15) is 0 Å². The number of pyridine rings is 1. The van der Waals surface area contributed by atoms with Gasteiger partial charge in [0.1, 0.15) is 11.3 Å². The van der Waals surface area contributed by atoms with E-state index in [-0.39, 0.29) is 0 Å². The summed E-state index contributed by atoms with van der Waals surface area (Å²) in [5.41, 5.74) is 3.16. The summed E-state index contributed by atoms with van der Waals surface area (Å²) in [7, 11) is 1.95. The number of nitrogens with zero attached hydrogens (tertiary/aromatic N) is 5. The van der Waals surface area contributed by atoms with Crippen molar-refractivity contribution >= 4 is 22.6 Å². The molecule has 6 heteroatoms. The molecule has 0 saturated heterocycles. The first-order valence-electron chi connectivity index (χ1n) is 6.11. The molecule has 0 aromatic carbocycles. The van der Waals surface area contributed by atoms with Crippen molar-refractivity contribution in [2.75, 3.05) is 0 Å². The molecule has 0 atom stereocenters. The first-order valence-corrected chi connectivity index (χ1v) is 6.65. The Balaban J connectivity index is 1.93. The first kappa shape index (κ1) is 12.2. The van der Waals surface area contributed by atoms with E-state index < -0.39 is 0 Å². The summed E-state index contributed by atoms with van der Waals surface area (Å²) in [6, 6.07) is 4.00. The maximum Gasteiger partial charge on any atom is 0.124 e. The Bertz CT molecular complexity index is 700. The normalized spacial score (nSPS) is 11.3. The van der Waals surface area contributed by atoms with Crippen molar-refractivity contribution in [3.63, 3.8) is 0 Å². The Labute approximate surface area is 115 Å². The molecule has 5 nitrogen and oxygen atoms in total. The van der Waals surface area contributed by atoms with Crippen LogP contribution >= 0.6 is 11.6 Å². The maximum atomic E-state index is 5.97. The lowest BCUT2D eigenvalue weighted by Crippen LogP contribution is -2.07. The topological polar surface area (TPSA) is 48.5 Å². The van der Waals surface area contributed by atoms with E-state index in [4.69, 9.17) is 11.6 Å². The van der Waals surface area contributed by atoms with Gasteiger partial charge in [-0.15, -0.1) is 11.6 Å². The van der Waals surface area contributed by atoms with Gasteiger partial charge >= 0.3 is 0 Å². The molecule has 3 rings (SSSR count). The van der Waals surface area contributed by atoms with Gasteiger partial charge in [-0.3, -0.25) is 9.67 Å². The van der Waals surface area contributed by atoms with Gasteiger partial charge in [-0.05, 0) is 12.1 Å². The van der Waals surface area contributed by atoms with Crippen LogP contribution < -0.4 is 0 Å².